The van der Waals surface area contributed by atoms with E-state index in [1.807, 2.05) is 6.92 Å². The molecule has 0 saturated carbocycles. The summed E-state index contributed by atoms with van der Waals surface area (Å²) in [6.45, 7) is 5.81. The number of piperazine rings is 1. The van der Waals surface area contributed by atoms with Crippen molar-refractivity contribution in [2.75, 3.05) is 32.7 Å². The van der Waals surface area contributed by atoms with E-state index in [1.54, 1.807) is 38.1 Å². The van der Waals surface area contributed by atoms with Gasteiger partial charge in [0.05, 0.1) is 6.54 Å². The van der Waals surface area contributed by atoms with Gasteiger partial charge in [-0.25, -0.2) is 9.78 Å². The van der Waals surface area contributed by atoms with Crippen molar-refractivity contribution in [3.05, 3.63) is 30.2 Å². The molecule has 2 saturated heterocycles. The number of hydrogen-bond acceptors (Lipinski definition) is 10. The number of carboxylic acid groups (broad SMARTS) is 1. The van der Waals surface area contributed by atoms with E-state index in [0.29, 0.717) is 30.5 Å². The molecule has 2 aliphatic rings. The third-order valence-electron chi connectivity index (χ3n) is 8.65. The normalized spacial score (nSPS) is 19.1. The molecule has 2 aromatic rings. The van der Waals surface area contributed by atoms with Crippen molar-refractivity contribution in [1.29, 1.82) is 0 Å². The van der Waals surface area contributed by atoms with Crippen molar-refractivity contribution in [3.8, 4) is 0 Å². The maximum atomic E-state index is 14.7. The predicted molar refractivity (Wildman–Crippen MR) is 162 cm³/mol. The SMILES string of the molecule is CC(C)[C@@H](C(=O)c1nc2ccccc2o1)N(C(=O)N1CCC[C@H]1C)C(=O)[C@](N)(C(=O)CN1CC(=O)N(CC(=O)O)CC1=O)C(C)C. The molecule has 46 heavy (non-hydrogen) atoms. The van der Waals surface area contributed by atoms with E-state index in [0.717, 1.165) is 14.7 Å². The van der Waals surface area contributed by atoms with Gasteiger partial charge < -0.3 is 30.0 Å². The molecule has 0 radical (unpaired) electrons. The Labute approximate surface area is 265 Å². The fraction of sp³-hybridized carbons (Fsp3) is 0.548. The van der Waals surface area contributed by atoms with E-state index in [9.17, 15) is 33.6 Å². The van der Waals surface area contributed by atoms with Crippen LogP contribution >= 0.6 is 0 Å². The molecule has 3 heterocycles. The number of benzene rings is 1. The first-order chi connectivity index (χ1) is 21.6. The van der Waals surface area contributed by atoms with Crippen LogP contribution in [0.2, 0.25) is 0 Å². The largest absolute Gasteiger partial charge is 0.480 e. The maximum absolute atomic E-state index is 14.7. The summed E-state index contributed by atoms with van der Waals surface area (Å²) >= 11 is 0. The number of nitrogens with two attached hydrogens (primary N) is 1. The Kier molecular flexibility index (Phi) is 9.94. The lowest BCUT2D eigenvalue weighted by atomic mass is 9.80. The van der Waals surface area contributed by atoms with Gasteiger partial charge in [0.15, 0.2) is 16.9 Å². The van der Waals surface area contributed by atoms with Gasteiger partial charge in [-0.2, -0.15) is 0 Å². The summed E-state index contributed by atoms with van der Waals surface area (Å²) in [6.07, 6.45) is 1.33. The van der Waals surface area contributed by atoms with Crippen LogP contribution in [0.1, 0.15) is 58.1 Å². The Bertz CT molecular complexity index is 1540. The minimum atomic E-state index is -2.41. The summed E-state index contributed by atoms with van der Waals surface area (Å²) in [5.74, 6) is -7.47. The molecular formula is C31H40N6O9. The molecule has 0 spiro atoms. The fourth-order valence-corrected chi connectivity index (χ4v) is 5.86. The van der Waals surface area contributed by atoms with E-state index in [1.165, 1.54) is 18.7 Å². The van der Waals surface area contributed by atoms with E-state index in [2.05, 4.69) is 4.98 Å². The van der Waals surface area contributed by atoms with Crippen molar-refractivity contribution >= 4 is 52.4 Å². The number of hydrogen-bond donors (Lipinski definition) is 2. The minimum absolute atomic E-state index is 0.261. The molecule has 1 aromatic carbocycles. The summed E-state index contributed by atoms with van der Waals surface area (Å²) < 4.78 is 5.71. The lowest BCUT2D eigenvalue weighted by Crippen LogP contribution is -2.70. The Balaban J connectivity index is 1.72. The number of aliphatic carboxylic acids is 1. The number of imide groups is 1. The Morgan fingerprint density at radius 2 is 1.65 bits per heavy atom. The van der Waals surface area contributed by atoms with E-state index in [-0.39, 0.29) is 11.9 Å². The number of carboxylic acids is 1. The van der Waals surface area contributed by atoms with Gasteiger partial charge >= 0.3 is 12.0 Å². The van der Waals surface area contributed by atoms with Crippen LogP contribution in [-0.2, 0) is 24.0 Å². The molecule has 15 nitrogen and oxygen atoms in total. The zero-order valence-corrected chi connectivity index (χ0v) is 26.6. The first-order valence-electron chi connectivity index (χ1n) is 15.2. The van der Waals surface area contributed by atoms with Gasteiger partial charge in [-0.3, -0.25) is 33.7 Å². The molecule has 4 rings (SSSR count). The van der Waals surface area contributed by atoms with E-state index < -0.39 is 90.9 Å². The topological polar surface area (TPSA) is 205 Å². The zero-order chi connectivity index (χ0) is 34.1. The fourth-order valence-electron chi connectivity index (χ4n) is 5.86. The molecule has 2 aliphatic heterocycles. The third-order valence-corrected chi connectivity index (χ3v) is 8.65. The van der Waals surface area contributed by atoms with Gasteiger partial charge in [-0.05, 0) is 43.7 Å². The highest BCUT2D eigenvalue weighted by molar-refractivity contribution is 6.18. The first-order valence-corrected chi connectivity index (χ1v) is 15.2. The van der Waals surface area contributed by atoms with Gasteiger partial charge in [0, 0.05) is 12.6 Å². The lowest BCUT2D eigenvalue weighted by Gasteiger charge is -2.42. The summed E-state index contributed by atoms with van der Waals surface area (Å²) in [7, 11) is 0. The molecule has 0 bridgehead atoms. The maximum Gasteiger partial charge on any atom is 0.327 e. The van der Waals surface area contributed by atoms with Gasteiger partial charge in [0.25, 0.3) is 11.8 Å². The minimum Gasteiger partial charge on any atom is -0.480 e. The summed E-state index contributed by atoms with van der Waals surface area (Å²) in [6, 6.07) is 4.18. The highest BCUT2D eigenvalue weighted by Gasteiger charge is 2.54. The molecule has 5 amide bonds. The van der Waals surface area contributed by atoms with Crippen LogP contribution < -0.4 is 5.73 Å². The average Bonchev–Trinajstić information content (AvgIpc) is 3.62. The standard InChI is InChI=1S/C31H40N6O9/c1-17(2)26(27(43)28-33-20-10-6-7-11-21(20)46-28)37(30(45)36-12-8-9-19(36)5)29(44)31(32,18(3)4)22(38)13-34-14-24(40)35(15-23(34)39)16-25(41)42/h6-7,10-11,17-19,26H,8-9,12-16,32H2,1-5H3,(H,41,42)/t19-,26+,31-/m1/s1. The molecule has 3 atom stereocenters. The van der Waals surface area contributed by atoms with E-state index in [4.69, 9.17) is 15.3 Å². The molecule has 2 fully saturated rings. The monoisotopic (exact) mass is 640 g/mol. The van der Waals surface area contributed by atoms with Gasteiger partial charge in [-0.1, -0.05) is 39.8 Å². The van der Waals surface area contributed by atoms with Crippen LogP contribution in [0.15, 0.2) is 28.7 Å². The smallest absolute Gasteiger partial charge is 0.327 e. The van der Waals surface area contributed by atoms with Gasteiger partial charge in [0.1, 0.15) is 31.2 Å². The van der Waals surface area contributed by atoms with Crippen LogP contribution in [0.4, 0.5) is 4.79 Å². The van der Waals surface area contributed by atoms with Crippen LogP contribution in [0, 0.1) is 11.8 Å². The zero-order valence-electron chi connectivity index (χ0n) is 26.6. The molecule has 15 heteroatoms. The number of carbonyl (C=O) groups excluding carboxylic acids is 6. The number of urea groups is 1. The summed E-state index contributed by atoms with van der Waals surface area (Å²) in [5.41, 5.74) is 4.98. The number of ketones is 2. The number of aromatic nitrogens is 1. The van der Waals surface area contributed by atoms with Gasteiger partial charge in [0.2, 0.25) is 17.6 Å². The van der Waals surface area contributed by atoms with Crippen LogP contribution in [0.3, 0.4) is 0 Å². The number of para-hydroxylation sites is 2. The second kappa shape index (κ2) is 13.4. The van der Waals surface area contributed by atoms with Gasteiger partial charge in [-0.15, -0.1) is 0 Å². The van der Waals surface area contributed by atoms with Crippen molar-refractivity contribution in [2.45, 2.75) is 65.1 Å². The van der Waals surface area contributed by atoms with Crippen molar-refractivity contribution in [2.24, 2.45) is 17.6 Å². The second-order valence-electron chi connectivity index (χ2n) is 12.5. The molecule has 0 unspecified atom stereocenters. The highest BCUT2D eigenvalue weighted by atomic mass is 16.4. The highest BCUT2D eigenvalue weighted by Crippen LogP contribution is 2.29. The Morgan fingerprint density at radius 1 is 1.04 bits per heavy atom. The third kappa shape index (κ3) is 6.50. The number of nitrogens with zero attached hydrogens (tertiary/aromatic N) is 5. The quantitative estimate of drug-likeness (QED) is 0.263. The molecular weight excluding hydrogens is 600 g/mol. The number of amides is 5. The first kappa shape index (κ1) is 34.2. The van der Waals surface area contributed by atoms with Crippen molar-refractivity contribution in [1.82, 2.24) is 24.6 Å². The summed E-state index contributed by atoms with van der Waals surface area (Å²) in [4.78, 5) is 102. The molecule has 3 N–H and O–H groups in total. The second-order valence-corrected chi connectivity index (χ2v) is 12.5. The molecule has 1 aromatic heterocycles. The number of Topliss-reactive ketones (excluding diaryl/α,β-unsaturated/α-hetero) is 2. The van der Waals surface area contributed by atoms with Crippen molar-refractivity contribution < 1.29 is 43.1 Å². The molecule has 0 aliphatic carbocycles. The van der Waals surface area contributed by atoms with Crippen LogP contribution in [0.5, 0.6) is 0 Å². The van der Waals surface area contributed by atoms with E-state index >= 15 is 0 Å². The predicted octanol–water partition coefficient (Wildman–Crippen LogP) is 1.15. The van der Waals surface area contributed by atoms with Crippen molar-refractivity contribution in [3.63, 3.8) is 0 Å². The number of fused-ring (bicyclic) bond motifs is 1. The lowest BCUT2D eigenvalue weighted by molar-refractivity contribution is -0.156. The number of rotatable bonds is 11. The number of carbonyl (C=O) groups is 7. The number of oxazole rings is 1. The number of likely N-dealkylation sites (tertiary alicyclic amines) is 1. The molecule has 248 valence electrons. The summed E-state index contributed by atoms with van der Waals surface area (Å²) in [5, 5.41) is 9.04. The Morgan fingerprint density at radius 3 is 2.17 bits per heavy atom. The van der Waals surface area contributed by atoms with Crippen LogP contribution in [0.25, 0.3) is 11.1 Å². The average molecular weight is 641 g/mol. The Hall–Kier alpha value is -4.66. The van der Waals surface area contributed by atoms with Crippen LogP contribution in [-0.4, -0.2) is 121 Å².